The minimum absolute atomic E-state index is 0.123. The van der Waals surface area contributed by atoms with E-state index in [2.05, 4.69) is 10.6 Å². The fourth-order valence-corrected chi connectivity index (χ4v) is 4.33. The van der Waals surface area contributed by atoms with Crippen LogP contribution in [0.4, 0.5) is 4.79 Å². The molecule has 0 aromatic heterocycles. The molecule has 3 rings (SSSR count). The second-order valence-corrected chi connectivity index (χ2v) is 8.14. The Kier molecular flexibility index (Phi) is 7.41. The van der Waals surface area contributed by atoms with Crippen LogP contribution in [-0.4, -0.2) is 48.0 Å². The van der Waals surface area contributed by atoms with Crippen LogP contribution >= 0.6 is 0 Å². The Morgan fingerprint density at radius 1 is 1.16 bits per heavy atom. The van der Waals surface area contributed by atoms with E-state index in [4.69, 9.17) is 9.47 Å². The van der Waals surface area contributed by atoms with Crippen LogP contribution in [0.2, 0.25) is 0 Å². The van der Waals surface area contributed by atoms with E-state index < -0.39 is 5.54 Å². The van der Waals surface area contributed by atoms with Crippen LogP contribution in [0.25, 0.3) is 0 Å². The lowest BCUT2D eigenvalue weighted by atomic mass is 9.98. The standard InChI is InChI=1S/C23H33N3O5/c1-4-30-18-11-10-17(15-19(18)31-5-2)16(3)24-20(27)9-8-14-26-21(28)23(25-22(26)29)12-6-7-13-23/h10-11,15-16H,4-9,12-14H2,1-3H3,(H,24,27)(H,25,29)/t16-/m1/s1. The first-order valence-corrected chi connectivity index (χ1v) is 11.2. The molecule has 1 saturated heterocycles. The van der Waals surface area contributed by atoms with Crippen LogP contribution in [0.3, 0.4) is 0 Å². The predicted molar refractivity (Wildman–Crippen MR) is 116 cm³/mol. The van der Waals surface area contributed by atoms with Gasteiger partial charge in [-0.15, -0.1) is 0 Å². The predicted octanol–water partition coefficient (Wildman–Crippen LogP) is 3.31. The Labute approximate surface area is 183 Å². The van der Waals surface area contributed by atoms with Gasteiger partial charge in [0.05, 0.1) is 19.3 Å². The van der Waals surface area contributed by atoms with Crippen LogP contribution in [0.1, 0.15) is 70.9 Å². The number of hydrogen-bond donors (Lipinski definition) is 2. The number of nitrogens with one attached hydrogen (secondary N) is 2. The van der Waals surface area contributed by atoms with E-state index in [9.17, 15) is 14.4 Å². The third kappa shape index (κ3) is 5.11. The maximum Gasteiger partial charge on any atom is 0.325 e. The molecule has 1 heterocycles. The molecule has 1 aromatic carbocycles. The topological polar surface area (TPSA) is 97.0 Å². The van der Waals surface area contributed by atoms with Crippen molar-refractivity contribution < 1.29 is 23.9 Å². The van der Waals surface area contributed by atoms with Gasteiger partial charge in [-0.1, -0.05) is 18.9 Å². The van der Waals surface area contributed by atoms with Crippen LogP contribution < -0.4 is 20.1 Å². The molecule has 1 aromatic rings. The lowest BCUT2D eigenvalue weighted by Crippen LogP contribution is -2.44. The van der Waals surface area contributed by atoms with Gasteiger partial charge in [0, 0.05) is 13.0 Å². The van der Waals surface area contributed by atoms with Gasteiger partial charge in [-0.05, 0) is 57.7 Å². The van der Waals surface area contributed by atoms with E-state index in [1.165, 1.54) is 4.90 Å². The largest absolute Gasteiger partial charge is 0.490 e. The van der Waals surface area contributed by atoms with E-state index in [0.717, 1.165) is 18.4 Å². The molecule has 1 aliphatic heterocycles. The van der Waals surface area contributed by atoms with Crippen molar-refractivity contribution in [2.75, 3.05) is 19.8 Å². The molecular formula is C23H33N3O5. The van der Waals surface area contributed by atoms with Gasteiger partial charge < -0.3 is 20.1 Å². The molecule has 0 unspecified atom stereocenters. The summed E-state index contributed by atoms with van der Waals surface area (Å²) in [4.78, 5) is 38.6. The summed E-state index contributed by atoms with van der Waals surface area (Å²) < 4.78 is 11.2. The maximum absolute atomic E-state index is 12.7. The fourth-order valence-electron chi connectivity index (χ4n) is 4.33. The van der Waals surface area contributed by atoms with Gasteiger partial charge in [-0.25, -0.2) is 4.79 Å². The molecule has 2 fully saturated rings. The van der Waals surface area contributed by atoms with Crippen molar-refractivity contribution in [1.82, 2.24) is 15.5 Å². The molecule has 8 heteroatoms. The summed E-state index contributed by atoms with van der Waals surface area (Å²) in [6.45, 7) is 7.06. The number of carbonyl (C=O) groups excluding carboxylic acids is 3. The number of benzene rings is 1. The molecule has 1 aliphatic carbocycles. The van der Waals surface area contributed by atoms with E-state index in [-0.39, 0.29) is 36.9 Å². The number of ether oxygens (including phenoxy) is 2. The Morgan fingerprint density at radius 3 is 2.52 bits per heavy atom. The Balaban J connectivity index is 1.50. The Hall–Kier alpha value is -2.77. The van der Waals surface area contributed by atoms with Crippen molar-refractivity contribution in [2.45, 2.75) is 70.9 Å². The molecule has 8 nitrogen and oxygen atoms in total. The van der Waals surface area contributed by atoms with E-state index >= 15 is 0 Å². The first-order valence-electron chi connectivity index (χ1n) is 11.2. The highest BCUT2D eigenvalue weighted by Gasteiger charge is 2.52. The van der Waals surface area contributed by atoms with Crippen molar-refractivity contribution in [3.05, 3.63) is 23.8 Å². The molecule has 2 N–H and O–H groups in total. The third-order valence-electron chi connectivity index (χ3n) is 5.93. The number of urea groups is 1. The zero-order valence-corrected chi connectivity index (χ0v) is 18.7. The van der Waals surface area contributed by atoms with Crippen molar-refractivity contribution in [2.24, 2.45) is 0 Å². The van der Waals surface area contributed by atoms with Crippen molar-refractivity contribution in [3.8, 4) is 11.5 Å². The summed E-state index contributed by atoms with van der Waals surface area (Å²) in [6, 6.07) is 5.10. The van der Waals surface area contributed by atoms with Crippen LogP contribution in [-0.2, 0) is 9.59 Å². The number of rotatable bonds is 10. The van der Waals surface area contributed by atoms with E-state index in [0.29, 0.717) is 44.0 Å². The highest BCUT2D eigenvalue weighted by molar-refractivity contribution is 6.07. The lowest BCUT2D eigenvalue weighted by Gasteiger charge is -2.20. The van der Waals surface area contributed by atoms with Gasteiger partial charge in [-0.2, -0.15) is 0 Å². The number of nitrogens with zero attached hydrogens (tertiary/aromatic N) is 1. The number of amides is 4. The second-order valence-electron chi connectivity index (χ2n) is 8.14. The molecule has 1 saturated carbocycles. The monoisotopic (exact) mass is 431 g/mol. The lowest BCUT2D eigenvalue weighted by molar-refractivity contribution is -0.131. The summed E-state index contributed by atoms with van der Waals surface area (Å²) in [5.74, 6) is 1.08. The first kappa shape index (κ1) is 22.9. The quantitative estimate of drug-likeness (QED) is 0.554. The molecule has 170 valence electrons. The normalized spacial score (nSPS) is 18.2. The van der Waals surface area contributed by atoms with Gasteiger partial charge >= 0.3 is 6.03 Å². The van der Waals surface area contributed by atoms with Gasteiger partial charge in [-0.3, -0.25) is 14.5 Å². The van der Waals surface area contributed by atoms with Gasteiger partial charge in [0.2, 0.25) is 5.91 Å². The second kappa shape index (κ2) is 10.0. The van der Waals surface area contributed by atoms with Gasteiger partial charge in [0.25, 0.3) is 5.91 Å². The van der Waals surface area contributed by atoms with Crippen LogP contribution in [0, 0.1) is 0 Å². The SMILES string of the molecule is CCOc1ccc([C@@H](C)NC(=O)CCCN2C(=O)NC3(CCCC3)C2=O)cc1OCC. The minimum Gasteiger partial charge on any atom is -0.490 e. The number of imide groups is 1. The highest BCUT2D eigenvalue weighted by Crippen LogP contribution is 2.35. The van der Waals surface area contributed by atoms with Crippen LogP contribution in [0.15, 0.2) is 18.2 Å². The first-order chi connectivity index (χ1) is 14.9. The molecule has 1 atom stereocenters. The third-order valence-corrected chi connectivity index (χ3v) is 5.93. The summed E-state index contributed by atoms with van der Waals surface area (Å²) in [5, 5.41) is 5.84. The highest BCUT2D eigenvalue weighted by atomic mass is 16.5. The summed E-state index contributed by atoms with van der Waals surface area (Å²) >= 11 is 0. The molecule has 2 aliphatic rings. The zero-order chi connectivity index (χ0) is 22.4. The van der Waals surface area contributed by atoms with Gasteiger partial charge in [0.1, 0.15) is 5.54 Å². The van der Waals surface area contributed by atoms with Crippen molar-refractivity contribution >= 4 is 17.8 Å². The molecule has 0 radical (unpaired) electrons. The molecule has 4 amide bonds. The average Bonchev–Trinajstić information content (AvgIpc) is 3.29. The molecular weight excluding hydrogens is 398 g/mol. The molecule has 0 bridgehead atoms. The minimum atomic E-state index is -0.695. The zero-order valence-electron chi connectivity index (χ0n) is 18.7. The number of carbonyl (C=O) groups is 3. The Bertz CT molecular complexity index is 819. The smallest absolute Gasteiger partial charge is 0.325 e. The van der Waals surface area contributed by atoms with E-state index in [1.807, 2.05) is 39.0 Å². The maximum atomic E-state index is 12.7. The van der Waals surface area contributed by atoms with Crippen molar-refractivity contribution in [3.63, 3.8) is 0 Å². The van der Waals surface area contributed by atoms with Crippen LogP contribution in [0.5, 0.6) is 11.5 Å². The Morgan fingerprint density at radius 2 is 1.84 bits per heavy atom. The average molecular weight is 432 g/mol. The van der Waals surface area contributed by atoms with Crippen molar-refractivity contribution in [1.29, 1.82) is 0 Å². The summed E-state index contributed by atoms with van der Waals surface area (Å²) in [6.07, 6.45) is 3.99. The summed E-state index contributed by atoms with van der Waals surface area (Å²) in [7, 11) is 0. The molecule has 31 heavy (non-hydrogen) atoms. The van der Waals surface area contributed by atoms with Gasteiger partial charge in [0.15, 0.2) is 11.5 Å². The number of hydrogen-bond acceptors (Lipinski definition) is 5. The summed E-state index contributed by atoms with van der Waals surface area (Å²) in [5.41, 5.74) is 0.220. The van der Waals surface area contributed by atoms with E-state index in [1.54, 1.807) is 0 Å². The fraction of sp³-hybridized carbons (Fsp3) is 0.609. The molecule has 1 spiro atoms.